The Balaban J connectivity index is 2.17. The van der Waals surface area contributed by atoms with Gasteiger partial charge >= 0.3 is 0 Å². The topological polar surface area (TPSA) is 96.7 Å². The summed E-state index contributed by atoms with van der Waals surface area (Å²) < 4.78 is 5.17. The predicted molar refractivity (Wildman–Crippen MR) is 55.0 cm³/mol. The third-order valence-electron chi connectivity index (χ3n) is 1.93. The molecule has 0 spiro atoms. The molecular weight excluding hydrogens is 210 g/mol. The van der Waals surface area contributed by atoms with Crippen molar-refractivity contribution >= 4 is 11.9 Å². The van der Waals surface area contributed by atoms with Gasteiger partial charge in [-0.2, -0.15) is 4.98 Å². The van der Waals surface area contributed by atoms with Crippen molar-refractivity contribution in [1.82, 2.24) is 20.2 Å². The van der Waals surface area contributed by atoms with Gasteiger partial charge in [0.05, 0.1) is 5.69 Å². The van der Waals surface area contributed by atoms with E-state index in [0.717, 1.165) is 0 Å². The number of rotatable bonds is 2. The van der Waals surface area contributed by atoms with Crippen LogP contribution in [-0.4, -0.2) is 26.1 Å². The molecule has 2 heterocycles. The lowest BCUT2D eigenvalue weighted by Crippen LogP contribution is -2.13. The van der Waals surface area contributed by atoms with E-state index in [4.69, 9.17) is 4.42 Å². The van der Waals surface area contributed by atoms with Gasteiger partial charge in [-0.3, -0.25) is 15.2 Å². The molecule has 0 fully saturated rings. The van der Waals surface area contributed by atoms with Gasteiger partial charge in [-0.1, -0.05) is 0 Å². The average Bonchev–Trinajstić information content (AvgIpc) is 2.73. The van der Waals surface area contributed by atoms with Gasteiger partial charge in [0.25, 0.3) is 5.91 Å². The summed E-state index contributed by atoms with van der Waals surface area (Å²) in [4.78, 5) is 19.7. The molecule has 2 rings (SSSR count). The van der Waals surface area contributed by atoms with Crippen LogP contribution < -0.4 is 5.32 Å². The largest absolute Gasteiger partial charge is 0.436 e. The zero-order valence-electron chi connectivity index (χ0n) is 9.16. The Hall–Kier alpha value is -2.18. The Morgan fingerprint density at radius 2 is 2.06 bits per heavy atom. The van der Waals surface area contributed by atoms with Gasteiger partial charge < -0.3 is 4.42 Å². The molecule has 0 aliphatic carbocycles. The first-order valence-electron chi connectivity index (χ1n) is 4.70. The number of H-pyrrole nitrogens is 1. The fourth-order valence-corrected chi connectivity index (χ4v) is 1.30. The minimum Gasteiger partial charge on any atom is -0.436 e. The fraction of sp³-hybridized carbons (Fsp3) is 0.333. The van der Waals surface area contributed by atoms with Gasteiger partial charge in [-0.05, 0) is 13.8 Å². The first-order valence-corrected chi connectivity index (χ1v) is 4.70. The molecule has 7 heteroatoms. The number of aryl methyl sites for hydroxylation is 3. The van der Waals surface area contributed by atoms with Gasteiger partial charge in [0.2, 0.25) is 11.7 Å². The number of aromatic amines is 1. The van der Waals surface area contributed by atoms with Crippen molar-refractivity contribution < 1.29 is 9.21 Å². The van der Waals surface area contributed by atoms with Gasteiger partial charge in [0.1, 0.15) is 5.82 Å². The van der Waals surface area contributed by atoms with Crippen molar-refractivity contribution in [3.05, 3.63) is 23.2 Å². The number of amides is 1. The maximum absolute atomic E-state index is 11.7. The SMILES string of the molecule is Cc1nc(NC(=O)c2oc(C)nc2C)n[nH]1. The van der Waals surface area contributed by atoms with Crippen LogP contribution in [0.25, 0.3) is 0 Å². The molecule has 1 amide bonds. The molecule has 0 saturated heterocycles. The van der Waals surface area contributed by atoms with E-state index in [-0.39, 0.29) is 11.7 Å². The molecule has 7 nitrogen and oxygen atoms in total. The van der Waals surface area contributed by atoms with Crippen molar-refractivity contribution in [3.63, 3.8) is 0 Å². The first kappa shape index (κ1) is 10.3. The number of anilines is 1. The van der Waals surface area contributed by atoms with Crippen molar-refractivity contribution in [2.24, 2.45) is 0 Å². The predicted octanol–water partition coefficient (Wildman–Crippen LogP) is 0.970. The second kappa shape index (κ2) is 3.76. The summed E-state index contributed by atoms with van der Waals surface area (Å²) in [6, 6.07) is 0. The summed E-state index contributed by atoms with van der Waals surface area (Å²) in [6.07, 6.45) is 0. The summed E-state index contributed by atoms with van der Waals surface area (Å²) in [7, 11) is 0. The molecule has 0 aliphatic rings. The second-order valence-corrected chi connectivity index (χ2v) is 3.35. The maximum Gasteiger partial charge on any atom is 0.295 e. The molecule has 0 saturated carbocycles. The lowest BCUT2D eigenvalue weighted by molar-refractivity contribution is 0.0994. The second-order valence-electron chi connectivity index (χ2n) is 3.35. The summed E-state index contributed by atoms with van der Waals surface area (Å²) in [5.74, 6) is 1.07. The monoisotopic (exact) mass is 221 g/mol. The van der Waals surface area contributed by atoms with E-state index >= 15 is 0 Å². The van der Waals surface area contributed by atoms with Crippen LogP contribution in [0.2, 0.25) is 0 Å². The van der Waals surface area contributed by atoms with Crippen molar-refractivity contribution in [1.29, 1.82) is 0 Å². The molecule has 2 aromatic rings. The van der Waals surface area contributed by atoms with Crippen LogP contribution in [0, 0.1) is 20.8 Å². The van der Waals surface area contributed by atoms with Gasteiger partial charge in [-0.25, -0.2) is 4.98 Å². The quantitative estimate of drug-likeness (QED) is 0.787. The highest BCUT2D eigenvalue weighted by molar-refractivity contribution is 6.01. The molecule has 16 heavy (non-hydrogen) atoms. The van der Waals surface area contributed by atoms with Gasteiger partial charge in [0.15, 0.2) is 5.89 Å². The van der Waals surface area contributed by atoms with Crippen LogP contribution in [0.5, 0.6) is 0 Å². The van der Waals surface area contributed by atoms with E-state index in [1.54, 1.807) is 20.8 Å². The number of nitrogens with zero attached hydrogens (tertiary/aromatic N) is 3. The summed E-state index contributed by atoms with van der Waals surface area (Å²) in [5.41, 5.74) is 0.544. The van der Waals surface area contributed by atoms with Crippen LogP contribution >= 0.6 is 0 Å². The van der Waals surface area contributed by atoms with Gasteiger partial charge in [0, 0.05) is 6.92 Å². The minimum absolute atomic E-state index is 0.181. The lowest BCUT2D eigenvalue weighted by atomic mass is 10.3. The van der Waals surface area contributed by atoms with E-state index < -0.39 is 5.91 Å². The highest BCUT2D eigenvalue weighted by atomic mass is 16.4. The molecule has 0 bridgehead atoms. The van der Waals surface area contributed by atoms with Gasteiger partial charge in [-0.15, -0.1) is 5.10 Å². The maximum atomic E-state index is 11.7. The smallest absolute Gasteiger partial charge is 0.295 e. The Bertz CT molecular complexity index is 528. The molecule has 0 atom stereocenters. The third-order valence-corrected chi connectivity index (χ3v) is 1.93. The number of oxazole rings is 1. The zero-order chi connectivity index (χ0) is 11.7. The number of carbonyl (C=O) groups excluding carboxylic acids is 1. The Labute approximate surface area is 91.3 Å². The highest BCUT2D eigenvalue weighted by Gasteiger charge is 2.17. The number of aromatic nitrogens is 4. The van der Waals surface area contributed by atoms with Crippen LogP contribution in [0.1, 0.15) is 28.0 Å². The zero-order valence-corrected chi connectivity index (χ0v) is 9.16. The Morgan fingerprint density at radius 3 is 2.56 bits per heavy atom. The van der Waals surface area contributed by atoms with E-state index in [2.05, 4.69) is 25.5 Å². The Morgan fingerprint density at radius 1 is 1.31 bits per heavy atom. The van der Waals surface area contributed by atoms with Crippen molar-refractivity contribution in [3.8, 4) is 0 Å². The van der Waals surface area contributed by atoms with Crippen LogP contribution in [-0.2, 0) is 0 Å². The molecule has 2 aromatic heterocycles. The lowest BCUT2D eigenvalue weighted by Gasteiger charge is -1.96. The van der Waals surface area contributed by atoms with E-state index in [0.29, 0.717) is 17.4 Å². The molecule has 0 radical (unpaired) electrons. The van der Waals surface area contributed by atoms with Crippen molar-refractivity contribution in [2.45, 2.75) is 20.8 Å². The average molecular weight is 221 g/mol. The minimum atomic E-state index is -0.405. The van der Waals surface area contributed by atoms with Crippen LogP contribution in [0.3, 0.4) is 0 Å². The summed E-state index contributed by atoms with van der Waals surface area (Å²) >= 11 is 0. The number of hydrogen-bond donors (Lipinski definition) is 2. The molecule has 0 aromatic carbocycles. The number of nitrogens with one attached hydrogen (secondary N) is 2. The molecule has 2 N–H and O–H groups in total. The van der Waals surface area contributed by atoms with Crippen LogP contribution in [0.4, 0.5) is 5.95 Å². The van der Waals surface area contributed by atoms with E-state index in [1.807, 2.05) is 0 Å². The molecular formula is C9H11N5O2. The summed E-state index contributed by atoms with van der Waals surface area (Å²) in [6.45, 7) is 5.13. The molecule has 0 aliphatic heterocycles. The number of hydrogen-bond acceptors (Lipinski definition) is 5. The van der Waals surface area contributed by atoms with E-state index in [1.165, 1.54) is 0 Å². The number of carbonyl (C=O) groups is 1. The van der Waals surface area contributed by atoms with Crippen LogP contribution in [0.15, 0.2) is 4.42 Å². The van der Waals surface area contributed by atoms with Crippen molar-refractivity contribution in [2.75, 3.05) is 5.32 Å². The normalized spacial score (nSPS) is 10.4. The fourth-order valence-electron chi connectivity index (χ4n) is 1.30. The first-order chi connectivity index (χ1) is 7.56. The highest BCUT2D eigenvalue weighted by Crippen LogP contribution is 2.11. The van der Waals surface area contributed by atoms with E-state index in [9.17, 15) is 4.79 Å². The molecule has 0 unspecified atom stereocenters. The Kier molecular flexibility index (Phi) is 2.43. The molecule has 84 valence electrons. The standard InChI is InChI=1S/C9H11N5O2/c1-4-7(16-6(3)10-4)8(15)12-9-11-5(2)13-14-9/h1-3H3,(H2,11,12,13,14,15). The summed E-state index contributed by atoms with van der Waals surface area (Å²) in [5, 5.41) is 8.92. The third kappa shape index (κ3) is 1.92.